The van der Waals surface area contributed by atoms with Crippen LogP contribution in [0.4, 0.5) is 16.5 Å². The number of rotatable bonds is 9. The molecular weight excluding hydrogens is 420 g/mol. The highest BCUT2D eigenvalue weighted by Gasteiger charge is 2.19. The zero-order chi connectivity index (χ0) is 21.3. The molecule has 0 unspecified atom stereocenters. The lowest BCUT2D eigenvalue weighted by Crippen LogP contribution is -2.15. The van der Waals surface area contributed by atoms with Crippen molar-refractivity contribution < 1.29 is 14.4 Å². The van der Waals surface area contributed by atoms with Crippen LogP contribution in [0.1, 0.15) is 44.7 Å². The third-order valence-electron chi connectivity index (χ3n) is 4.72. The maximum Gasteiger partial charge on any atom is 0.234 e. The van der Waals surface area contributed by atoms with Gasteiger partial charge in [0.1, 0.15) is 0 Å². The number of nitrogens with zero attached hydrogens (tertiary/aromatic N) is 1. The van der Waals surface area contributed by atoms with E-state index in [1.807, 2.05) is 5.38 Å². The second-order valence-electron chi connectivity index (χ2n) is 7.35. The highest BCUT2D eigenvalue weighted by Crippen LogP contribution is 2.28. The lowest BCUT2D eigenvalue weighted by molar-refractivity contribution is -0.117. The number of amides is 3. The Morgan fingerprint density at radius 1 is 1.03 bits per heavy atom. The number of anilines is 3. The Bertz CT molecular complexity index is 877. The summed E-state index contributed by atoms with van der Waals surface area (Å²) in [5.74, 6) is 1.21. The molecule has 3 N–H and O–H groups in total. The molecule has 0 bridgehead atoms. The molecule has 0 radical (unpaired) electrons. The average molecular weight is 447 g/mol. The predicted molar refractivity (Wildman–Crippen MR) is 123 cm³/mol. The third kappa shape index (κ3) is 7.46. The molecule has 1 aromatic heterocycles. The molecule has 0 spiro atoms. The van der Waals surface area contributed by atoms with Crippen molar-refractivity contribution in [1.82, 2.24) is 4.98 Å². The standard InChI is InChI=1S/C21H26N4O3S2/c1-14(26)22-16-6-8-17(9-7-16)23-20(28)13-29-11-18-12-30-21(24-18)25-19(27)10-15-4-2-3-5-15/h6-9,12,15H,2-5,10-11,13H2,1H3,(H,22,26)(H,23,28)(H,24,25,27). The van der Waals surface area contributed by atoms with Gasteiger partial charge in [0.15, 0.2) is 5.13 Å². The van der Waals surface area contributed by atoms with Crippen molar-refractivity contribution in [2.24, 2.45) is 5.92 Å². The van der Waals surface area contributed by atoms with Crippen LogP contribution in [0.2, 0.25) is 0 Å². The van der Waals surface area contributed by atoms with Crippen molar-refractivity contribution in [1.29, 1.82) is 0 Å². The molecule has 1 fully saturated rings. The summed E-state index contributed by atoms with van der Waals surface area (Å²) in [6, 6.07) is 6.97. The van der Waals surface area contributed by atoms with Crippen molar-refractivity contribution in [3.05, 3.63) is 35.3 Å². The van der Waals surface area contributed by atoms with Gasteiger partial charge in [-0.05, 0) is 43.0 Å². The van der Waals surface area contributed by atoms with Gasteiger partial charge in [0.25, 0.3) is 0 Å². The number of thioether (sulfide) groups is 1. The first kappa shape index (κ1) is 22.3. The minimum atomic E-state index is -0.137. The largest absolute Gasteiger partial charge is 0.326 e. The molecule has 1 saturated carbocycles. The Balaban J connectivity index is 1.36. The number of benzene rings is 1. The minimum Gasteiger partial charge on any atom is -0.326 e. The fraction of sp³-hybridized carbons (Fsp3) is 0.429. The van der Waals surface area contributed by atoms with E-state index in [-0.39, 0.29) is 17.7 Å². The average Bonchev–Trinajstić information content (AvgIpc) is 3.35. The van der Waals surface area contributed by atoms with Crippen LogP contribution in [0.15, 0.2) is 29.6 Å². The molecule has 7 nitrogen and oxygen atoms in total. The van der Waals surface area contributed by atoms with Crippen LogP contribution < -0.4 is 16.0 Å². The van der Waals surface area contributed by atoms with Gasteiger partial charge in [-0.15, -0.1) is 23.1 Å². The van der Waals surface area contributed by atoms with E-state index in [4.69, 9.17) is 0 Å². The Morgan fingerprint density at radius 2 is 1.70 bits per heavy atom. The van der Waals surface area contributed by atoms with Crippen LogP contribution in [0, 0.1) is 5.92 Å². The number of nitrogens with one attached hydrogen (secondary N) is 3. The van der Waals surface area contributed by atoms with Gasteiger partial charge >= 0.3 is 0 Å². The van der Waals surface area contributed by atoms with Crippen LogP contribution in [0.3, 0.4) is 0 Å². The molecule has 0 aliphatic heterocycles. The molecule has 1 aliphatic rings. The van der Waals surface area contributed by atoms with Gasteiger partial charge in [-0.1, -0.05) is 12.8 Å². The Kier molecular flexibility index (Phi) is 8.27. The van der Waals surface area contributed by atoms with Crippen molar-refractivity contribution in [3.63, 3.8) is 0 Å². The molecule has 1 heterocycles. The topological polar surface area (TPSA) is 100 Å². The summed E-state index contributed by atoms with van der Waals surface area (Å²) < 4.78 is 0. The lowest BCUT2D eigenvalue weighted by Gasteiger charge is -2.07. The summed E-state index contributed by atoms with van der Waals surface area (Å²) in [6.45, 7) is 1.45. The quantitative estimate of drug-likeness (QED) is 0.527. The van der Waals surface area contributed by atoms with E-state index in [9.17, 15) is 14.4 Å². The number of thiazole rings is 1. The van der Waals surface area contributed by atoms with E-state index >= 15 is 0 Å². The van der Waals surface area contributed by atoms with E-state index in [1.54, 1.807) is 24.3 Å². The molecule has 0 saturated heterocycles. The summed E-state index contributed by atoms with van der Waals surface area (Å²) in [5.41, 5.74) is 2.22. The van der Waals surface area contributed by atoms with Gasteiger partial charge in [0.2, 0.25) is 17.7 Å². The van der Waals surface area contributed by atoms with Crippen molar-refractivity contribution in [2.45, 2.75) is 44.8 Å². The normalized spacial score (nSPS) is 13.8. The number of hydrogen-bond donors (Lipinski definition) is 3. The molecule has 30 heavy (non-hydrogen) atoms. The first-order chi connectivity index (χ1) is 14.5. The Morgan fingerprint density at radius 3 is 2.37 bits per heavy atom. The van der Waals surface area contributed by atoms with E-state index < -0.39 is 0 Å². The number of hydrogen-bond acceptors (Lipinski definition) is 6. The molecule has 9 heteroatoms. The van der Waals surface area contributed by atoms with E-state index in [0.717, 1.165) is 18.5 Å². The molecule has 1 aliphatic carbocycles. The third-order valence-corrected chi connectivity index (χ3v) is 6.49. The second kappa shape index (κ2) is 11.1. The number of aromatic nitrogens is 1. The van der Waals surface area contributed by atoms with E-state index in [0.29, 0.717) is 40.4 Å². The number of carbonyl (C=O) groups is 3. The highest BCUT2D eigenvalue weighted by atomic mass is 32.2. The Labute approximate surface area is 184 Å². The summed E-state index contributed by atoms with van der Waals surface area (Å²) in [4.78, 5) is 39.7. The van der Waals surface area contributed by atoms with Crippen LogP contribution in [0.5, 0.6) is 0 Å². The van der Waals surface area contributed by atoms with Crippen LogP contribution in [-0.2, 0) is 20.1 Å². The molecule has 1 aromatic carbocycles. The summed E-state index contributed by atoms with van der Waals surface area (Å²) in [7, 11) is 0. The molecule has 0 atom stereocenters. The fourth-order valence-corrected chi connectivity index (χ4v) is 4.91. The zero-order valence-electron chi connectivity index (χ0n) is 16.9. The molecular formula is C21H26N4O3S2. The van der Waals surface area contributed by atoms with Crippen LogP contribution >= 0.6 is 23.1 Å². The van der Waals surface area contributed by atoms with Gasteiger partial charge in [0, 0.05) is 35.9 Å². The molecule has 2 aromatic rings. The first-order valence-corrected chi connectivity index (χ1v) is 12.0. The summed E-state index contributed by atoms with van der Waals surface area (Å²) >= 11 is 2.88. The Hall–Kier alpha value is -2.39. The summed E-state index contributed by atoms with van der Waals surface area (Å²) in [6.07, 6.45) is 5.33. The fourth-order valence-electron chi connectivity index (χ4n) is 3.36. The summed E-state index contributed by atoms with van der Waals surface area (Å²) in [5, 5.41) is 10.9. The van der Waals surface area contributed by atoms with Gasteiger partial charge < -0.3 is 16.0 Å². The predicted octanol–water partition coefficient (Wildman–Crippen LogP) is 4.49. The van der Waals surface area contributed by atoms with Gasteiger partial charge in [-0.2, -0.15) is 0 Å². The van der Waals surface area contributed by atoms with Crippen molar-refractivity contribution in [2.75, 3.05) is 21.7 Å². The monoisotopic (exact) mass is 446 g/mol. The van der Waals surface area contributed by atoms with E-state index in [2.05, 4.69) is 20.9 Å². The van der Waals surface area contributed by atoms with E-state index in [1.165, 1.54) is 42.9 Å². The molecule has 3 rings (SSSR count). The SMILES string of the molecule is CC(=O)Nc1ccc(NC(=O)CSCc2csc(NC(=O)CC3CCCC3)n2)cc1. The minimum absolute atomic E-state index is 0.0411. The van der Waals surface area contributed by atoms with Crippen LogP contribution in [-0.4, -0.2) is 28.5 Å². The smallest absolute Gasteiger partial charge is 0.234 e. The second-order valence-corrected chi connectivity index (χ2v) is 9.19. The van der Waals surface area contributed by atoms with Gasteiger partial charge in [-0.25, -0.2) is 4.98 Å². The number of carbonyl (C=O) groups excluding carboxylic acids is 3. The highest BCUT2D eigenvalue weighted by molar-refractivity contribution is 7.99. The maximum absolute atomic E-state index is 12.1. The van der Waals surface area contributed by atoms with Gasteiger partial charge in [-0.3, -0.25) is 14.4 Å². The molecule has 3 amide bonds. The molecule has 160 valence electrons. The maximum atomic E-state index is 12.1. The van der Waals surface area contributed by atoms with Crippen molar-refractivity contribution in [3.8, 4) is 0 Å². The van der Waals surface area contributed by atoms with Crippen molar-refractivity contribution >= 4 is 57.3 Å². The van der Waals surface area contributed by atoms with Gasteiger partial charge in [0.05, 0.1) is 11.4 Å². The zero-order valence-corrected chi connectivity index (χ0v) is 18.5. The first-order valence-electron chi connectivity index (χ1n) is 9.97. The lowest BCUT2D eigenvalue weighted by atomic mass is 10.0. The van der Waals surface area contributed by atoms with Crippen LogP contribution in [0.25, 0.3) is 0 Å².